The molecule has 1 rings (SSSR count). The summed E-state index contributed by atoms with van der Waals surface area (Å²) in [6.07, 6.45) is 7.27. The number of ketones is 1. The highest BCUT2D eigenvalue weighted by Gasteiger charge is 2.12. The Morgan fingerprint density at radius 1 is 0.917 bits per heavy atom. The second-order valence-corrected chi connectivity index (χ2v) is 7.73. The average Bonchev–Trinajstić information content (AvgIpc) is 2.53. The zero-order valence-corrected chi connectivity index (χ0v) is 15.8. The van der Waals surface area contributed by atoms with Crippen molar-refractivity contribution in [3.05, 3.63) is 35.4 Å². The number of carbonyl (C=O) groups is 2. The molecule has 0 atom stereocenters. The predicted octanol–water partition coefficient (Wildman–Crippen LogP) is 5.40. The maximum absolute atomic E-state index is 12.1. The number of nitrogens with one attached hydrogen (secondary N) is 1. The van der Waals surface area contributed by atoms with Crippen LogP contribution in [0.5, 0.6) is 0 Å². The monoisotopic (exact) mass is 331 g/mol. The molecule has 0 aliphatic heterocycles. The lowest BCUT2D eigenvalue weighted by atomic mass is 9.92. The molecule has 24 heavy (non-hydrogen) atoms. The zero-order chi connectivity index (χ0) is 18.0. The molecule has 0 spiro atoms. The Balaban J connectivity index is 2.41. The highest BCUT2D eigenvalue weighted by atomic mass is 16.1. The van der Waals surface area contributed by atoms with Gasteiger partial charge in [0.2, 0.25) is 0 Å². The predicted molar refractivity (Wildman–Crippen MR) is 101 cm³/mol. The third kappa shape index (κ3) is 8.28. The van der Waals surface area contributed by atoms with Gasteiger partial charge in [-0.25, -0.2) is 0 Å². The fourth-order valence-corrected chi connectivity index (χ4v) is 2.49. The first-order chi connectivity index (χ1) is 11.3. The second kappa shape index (κ2) is 10.3. The number of unbranched alkanes of at least 4 members (excludes halogenated alkanes) is 4. The van der Waals surface area contributed by atoms with Crippen LogP contribution in [0.25, 0.3) is 0 Å². The summed E-state index contributed by atoms with van der Waals surface area (Å²) < 4.78 is 0. The molecule has 134 valence electrons. The number of hydrogen-bond donors (Lipinski definition) is 1. The molecule has 0 saturated heterocycles. The topological polar surface area (TPSA) is 46.2 Å². The Hall–Kier alpha value is -1.64. The Bertz CT molecular complexity index is 512. The van der Waals surface area contributed by atoms with E-state index in [-0.39, 0.29) is 17.1 Å². The lowest BCUT2D eigenvalue weighted by molar-refractivity contribution is 0.0945. The number of rotatable bonds is 10. The van der Waals surface area contributed by atoms with E-state index in [0.717, 1.165) is 19.3 Å². The molecule has 0 aromatic heterocycles. The van der Waals surface area contributed by atoms with Crippen molar-refractivity contribution in [1.82, 2.24) is 5.32 Å². The van der Waals surface area contributed by atoms with Crippen LogP contribution in [0.3, 0.4) is 0 Å². The van der Waals surface area contributed by atoms with Crippen LogP contribution in [0.1, 0.15) is 93.4 Å². The van der Waals surface area contributed by atoms with Gasteiger partial charge in [0.15, 0.2) is 5.78 Å². The number of hydrogen-bond acceptors (Lipinski definition) is 2. The van der Waals surface area contributed by atoms with Crippen LogP contribution in [0.4, 0.5) is 0 Å². The first-order valence-corrected chi connectivity index (χ1v) is 9.25. The second-order valence-electron chi connectivity index (χ2n) is 7.73. The number of benzene rings is 1. The first-order valence-electron chi connectivity index (χ1n) is 9.25. The summed E-state index contributed by atoms with van der Waals surface area (Å²) in [6, 6.07) is 7.04. The third-order valence-electron chi connectivity index (χ3n) is 4.14. The Labute approximate surface area is 147 Å². The van der Waals surface area contributed by atoms with Crippen LogP contribution >= 0.6 is 0 Å². The zero-order valence-electron chi connectivity index (χ0n) is 15.8. The largest absolute Gasteiger partial charge is 0.352 e. The SMILES string of the molecule is CCCCCCCC(=O)c1ccc(C(=O)NCCC(C)(C)C)cc1. The molecular weight excluding hydrogens is 298 g/mol. The fourth-order valence-electron chi connectivity index (χ4n) is 2.49. The average molecular weight is 332 g/mol. The Morgan fingerprint density at radius 2 is 1.50 bits per heavy atom. The van der Waals surface area contributed by atoms with Crippen LogP contribution in [0.2, 0.25) is 0 Å². The van der Waals surface area contributed by atoms with Crippen molar-refractivity contribution in [2.45, 2.75) is 72.6 Å². The lowest BCUT2D eigenvalue weighted by Gasteiger charge is -2.18. The van der Waals surface area contributed by atoms with E-state index in [1.165, 1.54) is 19.3 Å². The Morgan fingerprint density at radius 3 is 2.08 bits per heavy atom. The van der Waals surface area contributed by atoms with Gasteiger partial charge in [-0.15, -0.1) is 0 Å². The van der Waals surface area contributed by atoms with Crippen molar-refractivity contribution in [1.29, 1.82) is 0 Å². The standard InChI is InChI=1S/C21H33NO2/c1-5-6-7-8-9-10-19(23)17-11-13-18(14-12-17)20(24)22-16-15-21(2,3)4/h11-14H,5-10,15-16H2,1-4H3,(H,22,24). The molecule has 0 heterocycles. The van der Waals surface area contributed by atoms with Gasteiger partial charge >= 0.3 is 0 Å². The van der Waals surface area contributed by atoms with Gasteiger partial charge in [0.25, 0.3) is 5.91 Å². The normalized spacial score (nSPS) is 11.3. The van der Waals surface area contributed by atoms with Crippen LogP contribution < -0.4 is 5.32 Å². The highest BCUT2D eigenvalue weighted by Crippen LogP contribution is 2.17. The number of Topliss-reactive ketones (excluding diaryl/α,β-unsaturated/α-hetero) is 1. The van der Waals surface area contributed by atoms with Crippen molar-refractivity contribution < 1.29 is 9.59 Å². The van der Waals surface area contributed by atoms with E-state index in [1.807, 2.05) is 0 Å². The van der Waals surface area contributed by atoms with E-state index in [0.29, 0.717) is 24.1 Å². The van der Waals surface area contributed by atoms with Gasteiger partial charge in [-0.05, 0) is 30.4 Å². The summed E-state index contributed by atoms with van der Waals surface area (Å²) in [5, 5.41) is 2.93. The van der Waals surface area contributed by atoms with Crippen molar-refractivity contribution in [2.75, 3.05) is 6.54 Å². The van der Waals surface area contributed by atoms with Crippen LogP contribution in [0.15, 0.2) is 24.3 Å². The van der Waals surface area contributed by atoms with E-state index >= 15 is 0 Å². The van der Waals surface area contributed by atoms with Gasteiger partial charge in [-0.2, -0.15) is 0 Å². The van der Waals surface area contributed by atoms with Gasteiger partial charge in [-0.3, -0.25) is 9.59 Å². The molecule has 3 nitrogen and oxygen atoms in total. The maximum atomic E-state index is 12.1. The molecule has 3 heteroatoms. The van der Waals surface area contributed by atoms with Crippen LogP contribution in [-0.4, -0.2) is 18.2 Å². The molecule has 1 aromatic rings. The fraction of sp³-hybridized carbons (Fsp3) is 0.619. The van der Waals surface area contributed by atoms with Crippen LogP contribution in [0, 0.1) is 5.41 Å². The molecule has 0 aliphatic carbocycles. The summed E-state index contributed by atoms with van der Waals surface area (Å²) in [6.45, 7) is 9.32. The molecule has 1 N–H and O–H groups in total. The molecule has 0 unspecified atom stereocenters. The van der Waals surface area contributed by atoms with Crippen molar-refractivity contribution >= 4 is 11.7 Å². The van der Waals surface area contributed by atoms with E-state index in [4.69, 9.17) is 0 Å². The molecular formula is C21H33NO2. The summed E-state index contributed by atoms with van der Waals surface area (Å²) in [4.78, 5) is 24.2. The highest BCUT2D eigenvalue weighted by molar-refractivity contribution is 5.98. The first kappa shape index (κ1) is 20.4. The van der Waals surface area contributed by atoms with Gasteiger partial charge < -0.3 is 5.32 Å². The van der Waals surface area contributed by atoms with E-state index in [2.05, 4.69) is 33.0 Å². The van der Waals surface area contributed by atoms with Gasteiger partial charge in [-0.1, -0.05) is 65.5 Å². The molecule has 0 aliphatic rings. The molecule has 0 fully saturated rings. The molecule has 0 radical (unpaired) electrons. The quantitative estimate of drug-likeness (QED) is 0.461. The summed E-state index contributed by atoms with van der Waals surface area (Å²) >= 11 is 0. The van der Waals surface area contributed by atoms with Crippen LogP contribution in [-0.2, 0) is 0 Å². The minimum absolute atomic E-state index is 0.0715. The summed E-state index contributed by atoms with van der Waals surface area (Å²) in [5.41, 5.74) is 1.53. The number of amides is 1. The smallest absolute Gasteiger partial charge is 0.251 e. The van der Waals surface area contributed by atoms with Crippen molar-refractivity contribution in [3.63, 3.8) is 0 Å². The molecule has 1 aromatic carbocycles. The minimum Gasteiger partial charge on any atom is -0.352 e. The minimum atomic E-state index is -0.0715. The van der Waals surface area contributed by atoms with E-state index in [1.54, 1.807) is 24.3 Å². The molecule has 1 amide bonds. The van der Waals surface area contributed by atoms with Crippen molar-refractivity contribution in [2.24, 2.45) is 5.41 Å². The van der Waals surface area contributed by atoms with Gasteiger partial charge in [0.1, 0.15) is 0 Å². The Kier molecular flexibility index (Phi) is 8.73. The van der Waals surface area contributed by atoms with E-state index in [9.17, 15) is 9.59 Å². The lowest BCUT2D eigenvalue weighted by Crippen LogP contribution is -2.27. The number of carbonyl (C=O) groups excluding carboxylic acids is 2. The summed E-state index contributed by atoms with van der Waals surface area (Å²) in [5.74, 6) is 0.101. The maximum Gasteiger partial charge on any atom is 0.251 e. The van der Waals surface area contributed by atoms with Gasteiger partial charge in [0.05, 0.1) is 0 Å². The molecule has 0 saturated carbocycles. The third-order valence-corrected chi connectivity index (χ3v) is 4.14. The van der Waals surface area contributed by atoms with Crippen molar-refractivity contribution in [3.8, 4) is 0 Å². The van der Waals surface area contributed by atoms with E-state index < -0.39 is 0 Å². The summed E-state index contributed by atoms with van der Waals surface area (Å²) in [7, 11) is 0. The molecule has 0 bridgehead atoms. The van der Waals surface area contributed by atoms with Gasteiger partial charge in [0, 0.05) is 24.1 Å².